The summed E-state index contributed by atoms with van der Waals surface area (Å²) in [4.78, 5) is 4.30. The van der Waals surface area contributed by atoms with E-state index in [0.29, 0.717) is 0 Å². The summed E-state index contributed by atoms with van der Waals surface area (Å²) in [5.41, 5.74) is 4.67. The summed E-state index contributed by atoms with van der Waals surface area (Å²) in [5, 5.41) is 5.74. The molecule has 0 bridgehead atoms. The van der Waals surface area contributed by atoms with Crippen molar-refractivity contribution in [2.75, 3.05) is 0 Å². The minimum Gasteiger partial charge on any atom is -0.302 e. The summed E-state index contributed by atoms with van der Waals surface area (Å²) < 4.78 is 0. The van der Waals surface area contributed by atoms with Crippen LogP contribution in [-0.2, 0) is 12.1 Å². The second-order valence-electron chi connectivity index (χ2n) is 4.28. The highest BCUT2D eigenvalue weighted by molar-refractivity contribution is 7.07. The van der Waals surface area contributed by atoms with E-state index in [0.717, 1.165) is 12.2 Å². The predicted molar refractivity (Wildman–Crippen MR) is 66.3 cm³/mol. The number of rotatable bonds is 4. The summed E-state index contributed by atoms with van der Waals surface area (Å²) in [7, 11) is 0. The molecule has 2 nitrogen and oxygen atoms in total. The molecule has 3 rings (SSSR count). The fourth-order valence-electron chi connectivity index (χ4n) is 2.03. The van der Waals surface area contributed by atoms with Crippen LogP contribution in [0.4, 0.5) is 0 Å². The summed E-state index contributed by atoms with van der Waals surface area (Å²) in [6.07, 6.45) is 2.47. The zero-order valence-corrected chi connectivity index (χ0v) is 9.83. The van der Waals surface area contributed by atoms with E-state index in [1.165, 1.54) is 18.4 Å². The molecule has 1 aliphatic rings. The van der Waals surface area contributed by atoms with E-state index in [4.69, 9.17) is 0 Å². The maximum Gasteiger partial charge on any atom is 0.0795 e. The molecule has 1 saturated carbocycles. The standard InChI is InChI=1S/C13H14N2S/c1-2-4-11(5-3-1)13(6-7-13)15-8-12-9-16-10-14-12/h1-5,9-10,15H,6-8H2. The van der Waals surface area contributed by atoms with Crippen LogP contribution in [-0.4, -0.2) is 4.98 Å². The van der Waals surface area contributed by atoms with Gasteiger partial charge in [0, 0.05) is 17.5 Å². The third-order valence-electron chi connectivity index (χ3n) is 3.17. The Kier molecular flexibility index (Phi) is 2.50. The highest BCUT2D eigenvalue weighted by Crippen LogP contribution is 2.45. The molecule has 1 fully saturated rings. The molecule has 16 heavy (non-hydrogen) atoms. The van der Waals surface area contributed by atoms with E-state index in [2.05, 4.69) is 46.0 Å². The van der Waals surface area contributed by atoms with Crippen molar-refractivity contribution in [3.63, 3.8) is 0 Å². The third kappa shape index (κ3) is 1.88. The average Bonchev–Trinajstić information content (AvgIpc) is 2.96. The first-order valence-corrected chi connectivity index (χ1v) is 6.51. The van der Waals surface area contributed by atoms with Gasteiger partial charge in [0.25, 0.3) is 0 Å². The van der Waals surface area contributed by atoms with E-state index in [1.807, 2.05) is 5.51 Å². The Morgan fingerprint density at radius 1 is 1.25 bits per heavy atom. The largest absolute Gasteiger partial charge is 0.302 e. The lowest BCUT2D eigenvalue weighted by Gasteiger charge is -2.17. The molecular formula is C13H14N2S. The minimum atomic E-state index is 0.227. The van der Waals surface area contributed by atoms with Gasteiger partial charge in [-0.25, -0.2) is 4.98 Å². The van der Waals surface area contributed by atoms with Crippen LogP contribution in [0, 0.1) is 0 Å². The van der Waals surface area contributed by atoms with E-state index in [9.17, 15) is 0 Å². The average molecular weight is 230 g/mol. The van der Waals surface area contributed by atoms with Crippen LogP contribution in [0.3, 0.4) is 0 Å². The Morgan fingerprint density at radius 2 is 2.06 bits per heavy atom. The van der Waals surface area contributed by atoms with E-state index in [1.54, 1.807) is 11.3 Å². The van der Waals surface area contributed by atoms with Crippen molar-refractivity contribution >= 4 is 11.3 Å². The lowest BCUT2D eigenvalue weighted by molar-refractivity contribution is 0.514. The molecule has 0 spiro atoms. The second kappa shape index (κ2) is 4.00. The molecule has 0 aliphatic heterocycles. The number of nitrogens with one attached hydrogen (secondary N) is 1. The first kappa shape index (κ1) is 10.00. The number of aromatic nitrogens is 1. The summed E-state index contributed by atoms with van der Waals surface area (Å²) in [5.74, 6) is 0. The predicted octanol–water partition coefficient (Wildman–Crippen LogP) is 2.92. The molecule has 0 atom stereocenters. The molecule has 0 amide bonds. The van der Waals surface area contributed by atoms with Gasteiger partial charge in [-0.2, -0.15) is 0 Å². The monoisotopic (exact) mass is 230 g/mol. The molecule has 2 aromatic rings. The van der Waals surface area contributed by atoms with Crippen LogP contribution in [0.25, 0.3) is 0 Å². The normalized spacial score (nSPS) is 17.2. The van der Waals surface area contributed by atoms with Crippen LogP contribution >= 0.6 is 11.3 Å². The van der Waals surface area contributed by atoms with Gasteiger partial charge in [-0.15, -0.1) is 11.3 Å². The number of hydrogen-bond donors (Lipinski definition) is 1. The van der Waals surface area contributed by atoms with Crippen molar-refractivity contribution < 1.29 is 0 Å². The molecule has 1 aromatic heterocycles. The zero-order valence-electron chi connectivity index (χ0n) is 9.02. The van der Waals surface area contributed by atoms with Crippen LogP contribution in [0.2, 0.25) is 0 Å². The van der Waals surface area contributed by atoms with Gasteiger partial charge >= 0.3 is 0 Å². The van der Waals surface area contributed by atoms with Crippen molar-refractivity contribution in [1.82, 2.24) is 10.3 Å². The van der Waals surface area contributed by atoms with Crippen molar-refractivity contribution in [2.24, 2.45) is 0 Å². The van der Waals surface area contributed by atoms with Gasteiger partial charge in [0.05, 0.1) is 11.2 Å². The molecule has 0 radical (unpaired) electrons. The molecule has 0 unspecified atom stereocenters. The van der Waals surface area contributed by atoms with Gasteiger partial charge < -0.3 is 5.32 Å². The summed E-state index contributed by atoms with van der Waals surface area (Å²) in [6, 6.07) is 10.7. The van der Waals surface area contributed by atoms with E-state index < -0.39 is 0 Å². The first-order chi connectivity index (χ1) is 7.89. The summed E-state index contributed by atoms with van der Waals surface area (Å²) >= 11 is 1.66. The van der Waals surface area contributed by atoms with Gasteiger partial charge in [-0.05, 0) is 18.4 Å². The smallest absolute Gasteiger partial charge is 0.0795 e. The van der Waals surface area contributed by atoms with Crippen LogP contribution < -0.4 is 5.32 Å². The Balaban J connectivity index is 1.71. The lowest BCUT2D eigenvalue weighted by atomic mass is 10.1. The topological polar surface area (TPSA) is 24.9 Å². The molecule has 82 valence electrons. The first-order valence-electron chi connectivity index (χ1n) is 5.57. The quantitative estimate of drug-likeness (QED) is 0.873. The Bertz CT molecular complexity index is 446. The maximum atomic E-state index is 4.30. The van der Waals surface area contributed by atoms with Crippen molar-refractivity contribution in [1.29, 1.82) is 0 Å². The van der Waals surface area contributed by atoms with Gasteiger partial charge in [0.2, 0.25) is 0 Å². The Morgan fingerprint density at radius 3 is 2.69 bits per heavy atom. The number of benzene rings is 1. The highest BCUT2D eigenvalue weighted by atomic mass is 32.1. The summed E-state index contributed by atoms with van der Waals surface area (Å²) in [6.45, 7) is 0.873. The lowest BCUT2D eigenvalue weighted by Crippen LogP contribution is -2.28. The molecule has 1 N–H and O–H groups in total. The third-order valence-corrected chi connectivity index (χ3v) is 3.80. The highest BCUT2D eigenvalue weighted by Gasteiger charge is 2.43. The van der Waals surface area contributed by atoms with Gasteiger partial charge in [-0.1, -0.05) is 30.3 Å². The second-order valence-corrected chi connectivity index (χ2v) is 5.00. The van der Waals surface area contributed by atoms with E-state index >= 15 is 0 Å². The Hall–Kier alpha value is -1.19. The fraction of sp³-hybridized carbons (Fsp3) is 0.308. The van der Waals surface area contributed by atoms with Crippen molar-refractivity contribution in [3.8, 4) is 0 Å². The van der Waals surface area contributed by atoms with Crippen LogP contribution in [0.15, 0.2) is 41.2 Å². The van der Waals surface area contributed by atoms with E-state index in [-0.39, 0.29) is 5.54 Å². The van der Waals surface area contributed by atoms with Gasteiger partial charge in [0.15, 0.2) is 0 Å². The number of thiazole rings is 1. The molecule has 1 aliphatic carbocycles. The van der Waals surface area contributed by atoms with Crippen molar-refractivity contribution in [3.05, 3.63) is 52.5 Å². The SMILES string of the molecule is c1ccc(C2(NCc3cscn3)CC2)cc1. The molecule has 1 aromatic carbocycles. The fourth-order valence-corrected chi connectivity index (χ4v) is 2.59. The minimum absolute atomic E-state index is 0.227. The molecule has 0 saturated heterocycles. The maximum absolute atomic E-state index is 4.30. The molecule has 3 heteroatoms. The van der Waals surface area contributed by atoms with Crippen molar-refractivity contribution in [2.45, 2.75) is 24.9 Å². The molecular weight excluding hydrogens is 216 g/mol. The zero-order chi connectivity index (χ0) is 10.8. The Labute approximate surface area is 99.4 Å². The van der Waals surface area contributed by atoms with Gasteiger partial charge in [0.1, 0.15) is 0 Å². The molecule has 1 heterocycles. The van der Waals surface area contributed by atoms with Crippen LogP contribution in [0.5, 0.6) is 0 Å². The van der Waals surface area contributed by atoms with Crippen LogP contribution in [0.1, 0.15) is 24.1 Å². The number of nitrogens with zero attached hydrogens (tertiary/aromatic N) is 1. The number of hydrogen-bond acceptors (Lipinski definition) is 3. The van der Waals surface area contributed by atoms with Gasteiger partial charge in [-0.3, -0.25) is 0 Å².